The summed E-state index contributed by atoms with van der Waals surface area (Å²) >= 11 is 6.91. The Bertz CT molecular complexity index is 520. The molecule has 15 heavy (non-hydrogen) atoms. The third-order valence-corrected chi connectivity index (χ3v) is 5.05. The molecule has 2 aromatic heterocycles. The van der Waals surface area contributed by atoms with Gasteiger partial charge in [0.2, 0.25) is 5.78 Å². The van der Waals surface area contributed by atoms with E-state index >= 15 is 0 Å². The summed E-state index contributed by atoms with van der Waals surface area (Å²) in [4.78, 5) is 12.8. The van der Waals surface area contributed by atoms with Gasteiger partial charge in [-0.3, -0.25) is 9.48 Å². The number of aromatic nitrogens is 2. The zero-order valence-electron chi connectivity index (χ0n) is 7.70. The Labute approximate surface area is 113 Å². The summed E-state index contributed by atoms with van der Waals surface area (Å²) in [5.41, 5.74) is 0.654. The molecule has 2 heterocycles. The van der Waals surface area contributed by atoms with Crippen LogP contribution < -0.4 is 0 Å². The first-order valence-electron chi connectivity index (χ1n) is 4.06. The highest BCUT2D eigenvalue weighted by Crippen LogP contribution is 2.26. The van der Waals surface area contributed by atoms with Crippen LogP contribution >= 0.6 is 49.9 Å². The van der Waals surface area contributed by atoms with E-state index in [0.717, 1.165) is 13.1 Å². The fourth-order valence-corrected chi connectivity index (χ4v) is 3.17. The van der Waals surface area contributed by atoms with Crippen LogP contribution in [0, 0.1) is 3.70 Å². The van der Waals surface area contributed by atoms with Gasteiger partial charge in [-0.2, -0.15) is 5.10 Å². The van der Waals surface area contributed by atoms with Crippen molar-refractivity contribution < 1.29 is 4.79 Å². The van der Waals surface area contributed by atoms with Crippen molar-refractivity contribution in [3.63, 3.8) is 0 Å². The Kier molecular flexibility index (Phi) is 3.27. The summed E-state index contributed by atoms with van der Waals surface area (Å²) in [6, 6.07) is 1.88. The van der Waals surface area contributed by atoms with Crippen molar-refractivity contribution in [3.8, 4) is 0 Å². The topological polar surface area (TPSA) is 34.9 Å². The Morgan fingerprint density at radius 1 is 1.67 bits per heavy atom. The molecule has 0 atom stereocenters. The molecule has 3 nitrogen and oxygen atoms in total. The van der Waals surface area contributed by atoms with Crippen LogP contribution in [0.2, 0.25) is 0 Å². The number of hydrogen-bond donors (Lipinski definition) is 0. The minimum atomic E-state index is 0.0226. The molecular weight excluding hydrogens is 391 g/mol. The second-order valence-corrected chi connectivity index (χ2v) is 5.69. The minimum Gasteiger partial charge on any atom is -0.287 e. The lowest BCUT2D eigenvalue weighted by molar-refractivity contribution is 0.104. The van der Waals surface area contributed by atoms with Gasteiger partial charge in [0.25, 0.3) is 0 Å². The first kappa shape index (κ1) is 11.3. The van der Waals surface area contributed by atoms with Crippen molar-refractivity contribution in [2.45, 2.75) is 0 Å². The highest BCUT2D eigenvalue weighted by Gasteiger charge is 2.19. The molecule has 0 saturated heterocycles. The highest BCUT2D eigenvalue weighted by molar-refractivity contribution is 14.1. The van der Waals surface area contributed by atoms with Gasteiger partial charge in [-0.05, 0) is 50.0 Å². The first-order chi connectivity index (χ1) is 7.11. The van der Waals surface area contributed by atoms with E-state index in [1.807, 2.05) is 18.5 Å². The molecule has 2 rings (SSSR count). The third kappa shape index (κ3) is 2.02. The maximum Gasteiger partial charge on any atom is 0.208 e. The Morgan fingerprint density at radius 2 is 2.40 bits per heavy atom. The summed E-state index contributed by atoms with van der Waals surface area (Å²) in [5.74, 6) is 0.0226. The molecule has 0 spiro atoms. The van der Waals surface area contributed by atoms with Crippen LogP contribution in [0.15, 0.2) is 22.1 Å². The third-order valence-electron chi connectivity index (χ3n) is 1.93. The van der Waals surface area contributed by atoms with Crippen molar-refractivity contribution in [2.24, 2.45) is 7.05 Å². The second kappa shape index (κ2) is 4.34. The summed E-state index contributed by atoms with van der Waals surface area (Å²) in [6.45, 7) is 0. The minimum absolute atomic E-state index is 0.0226. The molecule has 0 radical (unpaired) electrons. The van der Waals surface area contributed by atoms with Crippen LogP contribution in [0.1, 0.15) is 15.2 Å². The number of thiophene rings is 1. The number of carbonyl (C=O) groups excluding carboxylic acids is 1. The Morgan fingerprint density at radius 3 is 2.87 bits per heavy atom. The van der Waals surface area contributed by atoms with Crippen molar-refractivity contribution in [3.05, 3.63) is 36.3 Å². The molecule has 0 aliphatic rings. The van der Waals surface area contributed by atoms with Crippen molar-refractivity contribution in [2.75, 3.05) is 0 Å². The Hall–Kier alpha value is -0.210. The van der Waals surface area contributed by atoms with Gasteiger partial charge in [-0.1, -0.05) is 0 Å². The number of carbonyl (C=O) groups is 1. The van der Waals surface area contributed by atoms with E-state index in [1.54, 1.807) is 10.9 Å². The molecule has 0 bridgehead atoms. The SMILES string of the molecule is Cn1ncc(C(=O)c2sccc2Br)c1I. The van der Waals surface area contributed by atoms with E-state index in [-0.39, 0.29) is 5.78 Å². The Balaban J connectivity index is 2.46. The van der Waals surface area contributed by atoms with E-state index in [9.17, 15) is 4.79 Å². The second-order valence-electron chi connectivity index (χ2n) is 2.90. The zero-order valence-corrected chi connectivity index (χ0v) is 12.3. The van der Waals surface area contributed by atoms with E-state index in [4.69, 9.17) is 0 Å². The van der Waals surface area contributed by atoms with Gasteiger partial charge in [0.15, 0.2) is 0 Å². The molecule has 0 aromatic carbocycles. The summed E-state index contributed by atoms with van der Waals surface area (Å²) in [5, 5.41) is 5.94. The van der Waals surface area contributed by atoms with Crippen LogP contribution in [0.4, 0.5) is 0 Å². The van der Waals surface area contributed by atoms with Gasteiger partial charge in [-0.25, -0.2) is 0 Å². The smallest absolute Gasteiger partial charge is 0.208 e. The molecule has 0 saturated carbocycles. The quantitative estimate of drug-likeness (QED) is 0.577. The lowest BCUT2D eigenvalue weighted by atomic mass is 10.2. The summed E-state index contributed by atoms with van der Waals surface area (Å²) < 4.78 is 3.39. The maximum atomic E-state index is 12.1. The fraction of sp³-hybridized carbons (Fsp3) is 0.111. The number of aryl methyl sites for hydroxylation is 1. The monoisotopic (exact) mass is 396 g/mol. The average Bonchev–Trinajstić information content (AvgIpc) is 2.75. The predicted molar refractivity (Wildman–Crippen MR) is 71.4 cm³/mol. The lowest BCUT2D eigenvalue weighted by Crippen LogP contribution is -2.02. The van der Waals surface area contributed by atoms with Gasteiger partial charge in [0, 0.05) is 11.5 Å². The van der Waals surface area contributed by atoms with E-state index < -0.39 is 0 Å². The maximum absolute atomic E-state index is 12.1. The molecule has 6 heteroatoms. The average molecular weight is 397 g/mol. The fourth-order valence-electron chi connectivity index (χ4n) is 1.15. The molecule has 2 aromatic rings. The van der Waals surface area contributed by atoms with Gasteiger partial charge in [-0.15, -0.1) is 11.3 Å². The first-order valence-corrected chi connectivity index (χ1v) is 6.81. The molecule has 78 valence electrons. The number of halogens is 2. The molecule has 0 unspecified atom stereocenters. The van der Waals surface area contributed by atoms with Crippen LogP contribution in [0.25, 0.3) is 0 Å². The normalized spacial score (nSPS) is 10.6. The molecule has 0 fully saturated rings. The number of rotatable bonds is 2. The highest BCUT2D eigenvalue weighted by atomic mass is 127. The van der Waals surface area contributed by atoms with Gasteiger partial charge in [0.05, 0.1) is 16.6 Å². The lowest BCUT2D eigenvalue weighted by Gasteiger charge is -1.97. The largest absolute Gasteiger partial charge is 0.287 e. The van der Waals surface area contributed by atoms with E-state index in [1.165, 1.54) is 11.3 Å². The van der Waals surface area contributed by atoms with Crippen molar-refractivity contribution in [1.82, 2.24) is 9.78 Å². The van der Waals surface area contributed by atoms with Crippen molar-refractivity contribution >= 4 is 55.6 Å². The van der Waals surface area contributed by atoms with E-state index in [0.29, 0.717) is 5.56 Å². The summed E-state index contributed by atoms with van der Waals surface area (Å²) in [7, 11) is 1.82. The summed E-state index contributed by atoms with van der Waals surface area (Å²) in [6.07, 6.45) is 1.61. The number of hydrogen-bond acceptors (Lipinski definition) is 3. The van der Waals surface area contributed by atoms with Gasteiger partial charge in [0.1, 0.15) is 3.70 Å². The molecular formula is C9H6BrIN2OS. The molecule has 0 N–H and O–H groups in total. The van der Waals surface area contributed by atoms with Crippen molar-refractivity contribution in [1.29, 1.82) is 0 Å². The molecule has 0 aliphatic carbocycles. The van der Waals surface area contributed by atoms with Crippen LogP contribution in [0.3, 0.4) is 0 Å². The predicted octanol–water partition coefficient (Wildman–Crippen LogP) is 3.08. The van der Waals surface area contributed by atoms with Gasteiger partial charge < -0.3 is 0 Å². The standard InChI is InChI=1S/C9H6BrIN2OS/c1-13-9(11)5(4-12-13)7(14)8-6(10)2-3-15-8/h2-4H,1H3. The van der Waals surface area contributed by atoms with Crippen LogP contribution in [0.5, 0.6) is 0 Å². The zero-order chi connectivity index (χ0) is 11.0. The molecule has 0 amide bonds. The van der Waals surface area contributed by atoms with Crippen LogP contribution in [-0.2, 0) is 7.05 Å². The number of nitrogens with zero attached hydrogens (tertiary/aromatic N) is 2. The van der Waals surface area contributed by atoms with Crippen LogP contribution in [-0.4, -0.2) is 15.6 Å². The number of ketones is 1. The van der Waals surface area contributed by atoms with Gasteiger partial charge >= 0.3 is 0 Å². The molecule has 0 aliphatic heterocycles. The van der Waals surface area contributed by atoms with E-state index in [2.05, 4.69) is 43.6 Å².